The van der Waals surface area contributed by atoms with Crippen LogP contribution in [0, 0.1) is 0 Å². The molecule has 0 aliphatic carbocycles. The van der Waals surface area contributed by atoms with Crippen molar-refractivity contribution in [2.24, 2.45) is 0 Å². The Labute approximate surface area is 115 Å². The molecule has 1 N–H and O–H groups in total. The molecule has 0 aromatic heterocycles. The van der Waals surface area contributed by atoms with Gasteiger partial charge in [-0.15, -0.1) is 0 Å². The molecule has 2 aromatic carbocycles. The fourth-order valence-corrected chi connectivity index (χ4v) is 2.64. The van der Waals surface area contributed by atoms with Crippen LogP contribution in [0.15, 0.2) is 60.7 Å². The molecule has 100 valence electrons. The monoisotopic (exact) mass is 255 g/mol. The number of rotatable bonds is 5. The SMILES string of the molecule is CN(C)CC(CO)(c1ccccc1)c1ccccc1. The van der Waals surface area contributed by atoms with E-state index >= 15 is 0 Å². The summed E-state index contributed by atoms with van der Waals surface area (Å²) in [5.74, 6) is 0. The van der Waals surface area contributed by atoms with Gasteiger partial charge in [-0.25, -0.2) is 0 Å². The third-order valence-electron chi connectivity index (χ3n) is 3.51. The number of hydrogen-bond acceptors (Lipinski definition) is 2. The minimum absolute atomic E-state index is 0.0964. The van der Waals surface area contributed by atoms with E-state index in [4.69, 9.17) is 0 Å². The van der Waals surface area contributed by atoms with Gasteiger partial charge < -0.3 is 10.0 Å². The highest BCUT2D eigenvalue weighted by molar-refractivity contribution is 5.40. The largest absolute Gasteiger partial charge is 0.395 e. The van der Waals surface area contributed by atoms with Gasteiger partial charge >= 0.3 is 0 Å². The van der Waals surface area contributed by atoms with Gasteiger partial charge in [-0.3, -0.25) is 0 Å². The minimum Gasteiger partial charge on any atom is -0.395 e. The summed E-state index contributed by atoms with van der Waals surface area (Å²) < 4.78 is 0. The predicted molar refractivity (Wildman–Crippen MR) is 79.3 cm³/mol. The summed E-state index contributed by atoms with van der Waals surface area (Å²) >= 11 is 0. The van der Waals surface area contributed by atoms with Gasteiger partial charge in [0.1, 0.15) is 0 Å². The Morgan fingerprint density at radius 3 is 1.58 bits per heavy atom. The molecule has 0 amide bonds. The van der Waals surface area contributed by atoms with E-state index in [-0.39, 0.29) is 12.0 Å². The van der Waals surface area contributed by atoms with Crippen LogP contribution in [-0.4, -0.2) is 37.3 Å². The summed E-state index contributed by atoms with van der Waals surface area (Å²) in [5, 5.41) is 10.1. The first kappa shape index (κ1) is 13.8. The average Bonchev–Trinajstić information content (AvgIpc) is 2.46. The van der Waals surface area contributed by atoms with E-state index in [1.807, 2.05) is 50.5 Å². The molecule has 0 radical (unpaired) electrons. The van der Waals surface area contributed by atoms with Crippen molar-refractivity contribution in [3.05, 3.63) is 71.8 Å². The molecule has 0 unspecified atom stereocenters. The lowest BCUT2D eigenvalue weighted by Crippen LogP contribution is -2.42. The highest BCUT2D eigenvalue weighted by atomic mass is 16.3. The first-order valence-electron chi connectivity index (χ1n) is 6.56. The Hall–Kier alpha value is -1.64. The topological polar surface area (TPSA) is 23.5 Å². The van der Waals surface area contributed by atoms with Crippen LogP contribution in [0.25, 0.3) is 0 Å². The van der Waals surface area contributed by atoms with Crippen LogP contribution in [0.4, 0.5) is 0 Å². The van der Waals surface area contributed by atoms with E-state index in [9.17, 15) is 5.11 Å². The summed E-state index contributed by atoms with van der Waals surface area (Å²) in [6, 6.07) is 20.5. The maximum atomic E-state index is 10.1. The van der Waals surface area contributed by atoms with Crippen molar-refractivity contribution in [3.8, 4) is 0 Å². The third-order valence-corrected chi connectivity index (χ3v) is 3.51. The fraction of sp³-hybridized carbons (Fsp3) is 0.294. The van der Waals surface area contributed by atoms with Gasteiger partial charge in [0.2, 0.25) is 0 Å². The number of hydrogen-bond donors (Lipinski definition) is 1. The van der Waals surface area contributed by atoms with Crippen LogP contribution in [0.3, 0.4) is 0 Å². The Balaban J connectivity index is 2.55. The normalized spacial score (nSPS) is 11.8. The van der Waals surface area contributed by atoms with E-state index in [0.29, 0.717) is 0 Å². The lowest BCUT2D eigenvalue weighted by atomic mass is 9.74. The molecule has 2 rings (SSSR count). The highest BCUT2D eigenvalue weighted by Crippen LogP contribution is 2.32. The average molecular weight is 255 g/mol. The van der Waals surface area contributed by atoms with Gasteiger partial charge in [-0.05, 0) is 25.2 Å². The lowest BCUT2D eigenvalue weighted by Gasteiger charge is -2.35. The van der Waals surface area contributed by atoms with E-state index in [2.05, 4.69) is 29.2 Å². The van der Waals surface area contributed by atoms with Crippen molar-refractivity contribution in [3.63, 3.8) is 0 Å². The number of aliphatic hydroxyl groups is 1. The summed E-state index contributed by atoms with van der Waals surface area (Å²) in [4.78, 5) is 2.12. The van der Waals surface area contributed by atoms with Crippen molar-refractivity contribution >= 4 is 0 Å². The molecular weight excluding hydrogens is 234 g/mol. The standard InChI is InChI=1S/C17H21NO/c1-18(2)13-17(14-19,15-9-5-3-6-10-15)16-11-7-4-8-12-16/h3-12,19H,13-14H2,1-2H3. The first-order chi connectivity index (χ1) is 9.19. The number of nitrogens with zero attached hydrogens (tertiary/aromatic N) is 1. The zero-order valence-corrected chi connectivity index (χ0v) is 11.6. The Bertz CT molecular complexity index is 454. The Morgan fingerprint density at radius 1 is 0.842 bits per heavy atom. The Morgan fingerprint density at radius 2 is 1.26 bits per heavy atom. The molecule has 0 spiro atoms. The molecule has 0 aliphatic rings. The molecule has 0 saturated heterocycles. The van der Waals surface area contributed by atoms with Crippen molar-refractivity contribution in [2.75, 3.05) is 27.2 Å². The lowest BCUT2D eigenvalue weighted by molar-refractivity contribution is 0.185. The predicted octanol–water partition coefficient (Wildman–Crippen LogP) is 2.53. The summed E-state index contributed by atoms with van der Waals surface area (Å²) in [7, 11) is 4.08. The summed E-state index contributed by atoms with van der Waals surface area (Å²) in [5.41, 5.74) is 1.93. The second-order valence-electron chi connectivity index (χ2n) is 5.21. The molecule has 19 heavy (non-hydrogen) atoms. The first-order valence-corrected chi connectivity index (χ1v) is 6.56. The van der Waals surface area contributed by atoms with Crippen molar-refractivity contribution in [1.29, 1.82) is 0 Å². The molecule has 0 saturated carbocycles. The van der Waals surface area contributed by atoms with E-state index < -0.39 is 0 Å². The van der Waals surface area contributed by atoms with Gasteiger partial charge in [0.15, 0.2) is 0 Å². The van der Waals surface area contributed by atoms with Gasteiger partial charge in [0, 0.05) is 6.54 Å². The zero-order chi connectivity index (χ0) is 13.7. The molecule has 2 aromatic rings. The molecule has 0 heterocycles. The summed E-state index contributed by atoms with van der Waals surface area (Å²) in [6.45, 7) is 0.872. The molecule has 0 aliphatic heterocycles. The second kappa shape index (κ2) is 6.00. The quantitative estimate of drug-likeness (QED) is 0.887. The van der Waals surface area contributed by atoms with Crippen molar-refractivity contribution in [2.45, 2.75) is 5.41 Å². The van der Waals surface area contributed by atoms with Crippen LogP contribution < -0.4 is 0 Å². The van der Waals surface area contributed by atoms with Crippen LogP contribution in [-0.2, 0) is 5.41 Å². The van der Waals surface area contributed by atoms with E-state index in [0.717, 1.165) is 17.7 Å². The molecule has 2 heteroatoms. The molecule has 0 atom stereocenters. The summed E-state index contributed by atoms with van der Waals surface area (Å²) in [6.07, 6.45) is 0. The van der Waals surface area contributed by atoms with Gasteiger partial charge in [-0.1, -0.05) is 60.7 Å². The number of benzene rings is 2. The van der Waals surface area contributed by atoms with Crippen LogP contribution in [0.1, 0.15) is 11.1 Å². The third kappa shape index (κ3) is 2.86. The zero-order valence-electron chi connectivity index (χ0n) is 11.6. The van der Waals surface area contributed by atoms with Crippen LogP contribution in [0.5, 0.6) is 0 Å². The maximum Gasteiger partial charge on any atom is 0.0581 e. The molecular formula is C17H21NO. The minimum atomic E-state index is -0.369. The van der Waals surface area contributed by atoms with Crippen molar-refractivity contribution < 1.29 is 5.11 Å². The van der Waals surface area contributed by atoms with E-state index in [1.54, 1.807) is 0 Å². The van der Waals surface area contributed by atoms with Crippen LogP contribution in [0.2, 0.25) is 0 Å². The number of likely N-dealkylation sites (N-methyl/N-ethyl adjacent to an activating group) is 1. The molecule has 0 fully saturated rings. The smallest absolute Gasteiger partial charge is 0.0581 e. The Kier molecular flexibility index (Phi) is 4.35. The van der Waals surface area contributed by atoms with Crippen LogP contribution >= 0.6 is 0 Å². The molecule has 0 bridgehead atoms. The molecule has 2 nitrogen and oxygen atoms in total. The number of aliphatic hydroxyl groups excluding tert-OH is 1. The van der Waals surface area contributed by atoms with Crippen molar-refractivity contribution in [1.82, 2.24) is 4.90 Å². The maximum absolute atomic E-state index is 10.1. The van der Waals surface area contributed by atoms with Gasteiger partial charge in [-0.2, -0.15) is 0 Å². The van der Waals surface area contributed by atoms with Gasteiger partial charge in [0.05, 0.1) is 12.0 Å². The van der Waals surface area contributed by atoms with Gasteiger partial charge in [0.25, 0.3) is 0 Å². The highest BCUT2D eigenvalue weighted by Gasteiger charge is 2.34. The fourth-order valence-electron chi connectivity index (χ4n) is 2.64. The van der Waals surface area contributed by atoms with E-state index in [1.165, 1.54) is 0 Å². The second-order valence-corrected chi connectivity index (χ2v) is 5.21.